The second-order valence-electron chi connectivity index (χ2n) is 5.28. The van der Waals surface area contributed by atoms with Crippen LogP contribution in [0.2, 0.25) is 0 Å². The Balaban J connectivity index is 2.22. The molecule has 1 unspecified atom stereocenters. The Bertz CT molecular complexity index is 677. The fourth-order valence-corrected chi connectivity index (χ4v) is 2.69. The molecule has 0 aliphatic carbocycles. The van der Waals surface area contributed by atoms with E-state index >= 15 is 0 Å². The second-order valence-corrected chi connectivity index (χ2v) is 5.67. The van der Waals surface area contributed by atoms with Gasteiger partial charge < -0.3 is 9.67 Å². The molecule has 21 heavy (non-hydrogen) atoms. The van der Waals surface area contributed by atoms with Gasteiger partial charge in [0, 0.05) is 29.8 Å². The lowest BCUT2D eigenvalue weighted by molar-refractivity contribution is 0.0878. The number of benzene rings is 1. The van der Waals surface area contributed by atoms with Crippen molar-refractivity contribution in [3.8, 4) is 0 Å². The van der Waals surface area contributed by atoms with Crippen molar-refractivity contribution in [2.45, 2.75) is 32.4 Å². The number of hydrogen-bond donors (Lipinski definition) is 1. The van der Waals surface area contributed by atoms with Gasteiger partial charge in [-0.3, -0.25) is 4.79 Å². The van der Waals surface area contributed by atoms with E-state index in [1.54, 1.807) is 18.2 Å². The zero-order valence-electron chi connectivity index (χ0n) is 12.2. The Labute approximate surface area is 129 Å². The highest BCUT2D eigenvalue weighted by Gasteiger charge is 2.17. The van der Waals surface area contributed by atoms with Crippen molar-refractivity contribution in [3.63, 3.8) is 0 Å². The molecule has 1 atom stereocenters. The third-order valence-electron chi connectivity index (χ3n) is 3.39. The van der Waals surface area contributed by atoms with Gasteiger partial charge >= 0.3 is 0 Å². The molecule has 0 saturated heterocycles. The number of pyridine rings is 1. The van der Waals surface area contributed by atoms with Crippen molar-refractivity contribution in [1.29, 1.82) is 0 Å². The van der Waals surface area contributed by atoms with Crippen LogP contribution in [0.25, 0.3) is 0 Å². The standard InChI is InChI=1S/C17H19NO2S/c1-12(2)18-10-6-9-14(17(18)21)16(20)11-15(19)13-7-4-3-5-8-13/h3-10,12,16,20H,11H2,1-2H3. The molecule has 1 heterocycles. The van der Waals surface area contributed by atoms with Gasteiger partial charge in [0.15, 0.2) is 5.78 Å². The summed E-state index contributed by atoms with van der Waals surface area (Å²) in [5, 5.41) is 10.3. The number of aliphatic hydroxyl groups is 1. The number of rotatable bonds is 5. The van der Waals surface area contributed by atoms with Gasteiger partial charge in [-0.2, -0.15) is 0 Å². The Hall–Kier alpha value is -1.78. The summed E-state index contributed by atoms with van der Waals surface area (Å²) in [4.78, 5) is 12.2. The highest BCUT2D eigenvalue weighted by molar-refractivity contribution is 7.71. The van der Waals surface area contributed by atoms with Gasteiger partial charge in [-0.25, -0.2) is 0 Å². The molecular formula is C17H19NO2S. The minimum absolute atomic E-state index is 0.0375. The average Bonchev–Trinajstić information content (AvgIpc) is 2.47. The number of hydrogen-bond acceptors (Lipinski definition) is 3. The SMILES string of the molecule is CC(C)n1cccc(C(O)CC(=O)c2ccccc2)c1=S. The first-order chi connectivity index (χ1) is 10.0. The van der Waals surface area contributed by atoms with E-state index in [2.05, 4.69) is 0 Å². The van der Waals surface area contributed by atoms with Gasteiger partial charge in [-0.1, -0.05) is 48.6 Å². The minimum atomic E-state index is -0.878. The van der Waals surface area contributed by atoms with E-state index in [9.17, 15) is 9.90 Å². The summed E-state index contributed by atoms with van der Waals surface area (Å²) in [5.74, 6) is -0.0857. The largest absolute Gasteiger partial charge is 0.388 e. The number of nitrogens with zero attached hydrogens (tertiary/aromatic N) is 1. The van der Waals surface area contributed by atoms with Crippen molar-refractivity contribution in [3.05, 3.63) is 64.4 Å². The zero-order chi connectivity index (χ0) is 15.4. The first-order valence-corrected chi connectivity index (χ1v) is 7.39. The van der Waals surface area contributed by atoms with Crippen LogP contribution in [-0.4, -0.2) is 15.5 Å². The predicted octanol–water partition coefficient (Wildman–Crippen LogP) is 4.10. The number of ketones is 1. The van der Waals surface area contributed by atoms with Gasteiger partial charge in [0.1, 0.15) is 4.64 Å². The van der Waals surface area contributed by atoms with Crippen LogP contribution in [0.5, 0.6) is 0 Å². The maximum atomic E-state index is 12.2. The molecule has 0 amide bonds. The monoisotopic (exact) mass is 301 g/mol. The van der Waals surface area contributed by atoms with Crippen LogP contribution >= 0.6 is 12.2 Å². The number of aliphatic hydroxyl groups excluding tert-OH is 1. The van der Waals surface area contributed by atoms with Crippen molar-refractivity contribution < 1.29 is 9.90 Å². The number of carbonyl (C=O) groups is 1. The van der Waals surface area contributed by atoms with Gasteiger partial charge in [-0.05, 0) is 19.9 Å². The predicted molar refractivity (Wildman–Crippen MR) is 86.0 cm³/mol. The normalized spacial score (nSPS) is 12.4. The molecule has 4 heteroatoms. The van der Waals surface area contributed by atoms with Crippen LogP contribution in [0.3, 0.4) is 0 Å². The molecule has 0 aliphatic heterocycles. The molecule has 0 bridgehead atoms. The van der Waals surface area contributed by atoms with Crippen molar-refractivity contribution in [2.24, 2.45) is 0 Å². The third kappa shape index (κ3) is 3.65. The topological polar surface area (TPSA) is 42.2 Å². The molecule has 0 aliphatic rings. The van der Waals surface area contributed by atoms with E-state index in [1.165, 1.54) is 0 Å². The quantitative estimate of drug-likeness (QED) is 0.667. The molecule has 2 aromatic rings. The summed E-state index contributed by atoms with van der Waals surface area (Å²) >= 11 is 5.41. The summed E-state index contributed by atoms with van der Waals surface area (Å²) < 4.78 is 2.50. The Morgan fingerprint density at radius 3 is 2.48 bits per heavy atom. The maximum Gasteiger partial charge on any atom is 0.165 e. The van der Waals surface area contributed by atoms with Crippen LogP contribution in [-0.2, 0) is 0 Å². The summed E-state index contributed by atoms with van der Waals surface area (Å²) in [6.07, 6.45) is 1.05. The van der Waals surface area contributed by atoms with E-state index < -0.39 is 6.10 Å². The summed E-state index contributed by atoms with van der Waals surface area (Å²) in [6, 6.07) is 12.8. The second kappa shape index (κ2) is 6.78. The molecule has 3 nitrogen and oxygen atoms in total. The van der Waals surface area contributed by atoms with Gasteiger partial charge in [0.25, 0.3) is 0 Å². The molecule has 0 saturated carbocycles. The molecule has 110 valence electrons. The lowest BCUT2D eigenvalue weighted by Crippen LogP contribution is -2.11. The first kappa shape index (κ1) is 15.6. The lowest BCUT2D eigenvalue weighted by Gasteiger charge is -2.16. The number of carbonyl (C=O) groups excluding carboxylic acids is 1. The van der Waals surface area contributed by atoms with Crippen molar-refractivity contribution in [2.75, 3.05) is 0 Å². The van der Waals surface area contributed by atoms with Crippen LogP contribution in [0, 0.1) is 4.64 Å². The van der Waals surface area contributed by atoms with Crippen molar-refractivity contribution >= 4 is 18.0 Å². The van der Waals surface area contributed by atoms with Gasteiger partial charge in [-0.15, -0.1) is 0 Å². The number of Topliss-reactive ketones (excluding diaryl/α,β-unsaturated/α-hetero) is 1. The molecule has 0 fully saturated rings. The third-order valence-corrected chi connectivity index (χ3v) is 3.84. The lowest BCUT2D eigenvalue weighted by atomic mass is 10.0. The van der Waals surface area contributed by atoms with Crippen LogP contribution in [0.15, 0.2) is 48.7 Å². The maximum absolute atomic E-state index is 12.2. The average molecular weight is 301 g/mol. The Morgan fingerprint density at radius 1 is 1.19 bits per heavy atom. The Kier molecular flexibility index (Phi) is 5.04. The van der Waals surface area contributed by atoms with Crippen LogP contribution in [0.1, 0.15) is 48.3 Å². The summed E-state index contributed by atoms with van der Waals surface area (Å²) in [6.45, 7) is 4.06. The van der Waals surface area contributed by atoms with Crippen LogP contribution in [0.4, 0.5) is 0 Å². The zero-order valence-corrected chi connectivity index (χ0v) is 13.0. The highest BCUT2D eigenvalue weighted by atomic mass is 32.1. The molecule has 0 radical (unpaired) electrons. The Morgan fingerprint density at radius 2 is 1.86 bits per heavy atom. The van der Waals surface area contributed by atoms with Crippen molar-refractivity contribution in [1.82, 2.24) is 4.57 Å². The van der Waals surface area contributed by atoms with E-state index in [1.807, 2.05) is 48.9 Å². The van der Waals surface area contributed by atoms with Gasteiger partial charge in [0.2, 0.25) is 0 Å². The molecule has 1 aromatic carbocycles. The van der Waals surface area contributed by atoms with E-state index in [4.69, 9.17) is 12.2 Å². The molecule has 1 N–H and O–H groups in total. The molecular weight excluding hydrogens is 282 g/mol. The first-order valence-electron chi connectivity index (χ1n) is 6.98. The van der Waals surface area contributed by atoms with Gasteiger partial charge in [0.05, 0.1) is 6.10 Å². The molecule has 0 spiro atoms. The molecule has 2 rings (SSSR count). The molecule has 1 aromatic heterocycles. The highest BCUT2D eigenvalue weighted by Crippen LogP contribution is 2.21. The smallest absolute Gasteiger partial charge is 0.165 e. The van der Waals surface area contributed by atoms with E-state index in [-0.39, 0.29) is 18.2 Å². The number of aromatic nitrogens is 1. The fourth-order valence-electron chi connectivity index (χ4n) is 2.22. The van der Waals surface area contributed by atoms with E-state index in [0.29, 0.717) is 15.8 Å². The summed E-state index contributed by atoms with van der Waals surface area (Å²) in [7, 11) is 0. The summed E-state index contributed by atoms with van der Waals surface area (Å²) in [5.41, 5.74) is 1.24. The van der Waals surface area contributed by atoms with Crippen LogP contribution < -0.4 is 0 Å². The minimum Gasteiger partial charge on any atom is -0.388 e. The van der Waals surface area contributed by atoms with E-state index in [0.717, 1.165) is 0 Å². The fraction of sp³-hybridized carbons (Fsp3) is 0.294.